The van der Waals surface area contributed by atoms with Crippen molar-refractivity contribution in [2.45, 2.75) is 31.0 Å². The summed E-state index contributed by atoms with van der Waals surface area (Å²) in [5.41, 5.74) is 2.51. The molecule has 8 nitrogen and oxygen atoms in total. The molecule has 0 fully saturated rings. The molecule has 2 aromatic heterocycles. The molecule has 1 aliphatic rings. The van der Waals surface area contributed by atoms with Crippen molar-refractivity contribution in [3.8, 4) is 5.75 Å². The summed E-state index contributed by atoms with van der Waals surface area (Å²) in [5, 5.41) is 1.09. The molecule has 0 bridgehead atoms. The second-order valence-corrected chi connectivity index (χ2v) is 8.57. The van der Waals surface area contributed by atoms with E-state index in [1.807, 2.05) is 24.3 Å². The van der Waals surface area contributed by atoms with Crippen molar-refractivity contribution in [2.24, 2.45) is 0 Å². The minimum absolute atomic E-state index is 0.140. The van der Waals surface area contributed by atoms with Crippen LogP contribution in [-0.2, 0) is 28.4 Å². The SMILES string of the molecule is CCOC(=O)c1cc2c(c(CSc3nc4ccccc4c(=O)n3Cc3ccco3)c1)OCOC2. The van der Waals surface area contributed by atoms with Gasteiger partial charge in [-0.05, 0) is 43.3 Å². The topological polar surface area (TPSA) is 92.8 Å². The number of para-hydroxylation sites is 1. The van der Waals surface area contributed by atoms with E-state index in [0.29, 0.717) is 45.5 Å². The van der Waals surface area contributed by atoms with Crippen LogP contribution < -0.4 is 10.3 Å². The molecular formula is C25H22N2O6S. The van der Waals surface area contributed by atoms with Crippen molar-refractivity contribution in [3.63, 3.8) is 0 Å². The Hall–Kier alpha value is -3.56. The van der Waals surface area contributed by atoms with E-state index >= 15 is 0 Å². The predicted octanol–water partition coefficient (Wildman–Crippen LogP) is 4.37. The normalized spacial score (nSPS) is 12.9. The van der Waals surface area contributed by atoms with Crippen molar-refractivity contribution in [3.05, 3.63) is 87.6 Å². The number of hydrogen-bond acceptors (Lipinski definition) is 8. The quantitative estimate of drug-likeness (QED) is 0.220. The van der Waals surface area contributed by atoms with Crippen LogP contribution >= 0.6 is 11.8 Å². The number of rotatable bonds is 7. The summed E-state index contributed by atoms with van der Waals surface area (Å²) in [7, 11) is 0. The molecule has 1 aliphatic heterocycles. The Bertz CT molecular complexity index is 1400. The Balaban J connectivity index is 1.53. The van der Waals surface area contributed by atoms with Gasteiger partial charge in [0.15, 0.2) is 11.9 Å². The fourth-order valence-electron chi connectivity index (χ4n) is 3.84. The molecule has 0 atom stereocenters. The van der Waals surface area contributed by atoms with Gasteiger partial charge in [0, 0.05) is 16.9 Å². The molecule has 9 heteroatoms. The van der Waals surface area contributed by atoms with Gasteiger partial charge in [-0.3, -0.25) is 9.36 Å². The first-order valence-electron chi connectivity index (χ1n) is 10.8. The lowest BCUT2D eigenvalue weighted by Crippen LogP contribution is -2.23. The van der Waals surface area contributed by atoms with Gasteiger partial charge in [-0.2, -0.15) is 0 Å². The number of thioether (sulfide) groups is 1. The van der Waals surface area contributed by atoms with Crippen LogP contribution in [0.15, 0.2) is 69.2 Å². The lowest BCUT2D eigenvalue weighted by molar-refractivity contribution is -0.0169. The number of esters is 1. The van der Waals surface area contributed by atoms with E-state index in [2.05, 4.69) is 0 Å². The largest absolute Gasteiger partial charge is 0.467 e. The van der Waals surface area contributed by atoms with Crippen LogP contribution in [0.4, 0.5) is 0 Å². The van der Waals surface area contributed by atoms with Crippen molar-refractivity contribution >= 4 is 28.6 Å². The maximum atomic E-state index is 13.3. The molecule has 0 radical (unpaired) electrons. The molecule has 0 unspecified atom stereocenters. The number of ether oxygens (including phenoxy) is 3. The zero-order valence-electron chi connectivity index (χ0n) is 18.5. The molecule has 0 N–H and O–H groups in total. The minimum atomic E-state index is -0.402. The minimum Gasteiger partial charge on any atom is -0.467 e. The monoisotopic (exact) mass is 478 g/mol. The molecule has 34 heavy (non-hydrogen) atoms. The van der Waals surface area contributed by atoms with Gasteiger partial charge >= 0.3 is 5.97 Å². The predicted molar refractivity (Wildman–Crippen MR) is 126 cm³/mol. The molecule has 0 saturated heterocycles. The Morgan fingerprint density at radius 3 is 2.91 bits per heavy atom. The average molecular weight is 479 g/mol. The summed E-state index contributed by atoms with van der Waals surface area (Å²) >= 11 is 1.39. The summed E-state index contributed by atoms with van der Waals surface area (Å²) < 4.78 is 23.4. The molecule has 174 valence electrons. The first-order valence-corrected chi connectivity index (χ1v) is 11.8. The molecule has 0 amide bonds. The number of furan rings is 1. The lowest BCUT2D eigenvalue weighted by Gasteiger charge is -2.22. The van der Waals surface area contributed by atoms with Gasteiger partial charge in [-0.25, -0.2) is 9.78 Å². The Kier molecular flexibility index (Phi) is 6.37. The zero-order chi connectivity index (χ0) is 23.5. The van der Waals surface area contributed by atoms with Crippen molar-refractivity contribution in [1.29, 1.82) is 0 Å². The Labute approximate surface area is 199 Å². The third-order valence-corrected chi connectivity index (χ3v) is 6.40. The smallest absolute Gasteiger partial charge is 0.338 e. The lowest BCUT2D eigenvalue weighted by atomic mass is 10.0. The van der Waals surface area contributed by atoms with E-state index in [9.17, 15) is 9.59 Å². The van der Waals surface area contributed by atoms with Gasteiger partial charge in [0.2, 0.25) is 0 Å². The van der Waals surface area contributed by atoms with E-state index in [1.165, 1.54) is 11.8 Å². The summed E-state index contributed by atoms with van der Waals surface area (Å²) in [4.78, 5) is 30.5. The Morgan fingerprint density at radius 1 is 1.21 bits per heavy atom. The van der Waals surface area contributed by atoms with Crippen LogP contribution in [0, 0.1) is 0 Å². The van der Waals surface area contributed by atoms with Gasteiger partial charge in [0.25, 0.3) is 5.56 Å². The van der Waals surface area contributed by atoms with Crippen LogP contribution in [0.3, 0.4) is 0 Å². The number of benzene rings is 2. The summed E-state index contributed by atoms with van der Waals surface area (Å²) in [6, 6.07) is 14.4. The molecule has 4 aromatic rings. The van der Waals surface area contributed by atoms with Crippen LogP contribution in [0.2, 0.25) is 0 Å². The maximum Gasteiger partial charge on any atom is 0.338 e. The van der Waals surface area contributed by atoms with Gasteiger partial charge in [0.1, 0.15) is 11.5 Å². The van der Waals surface area contributed by atoms with E-state index in [0.717, 1.165) is 11.1 Å². The fourth-order valence-corrected chi connectivity index (χ4v) is 4.80. The maximum absolute atomic E-state index is 13.3. The first-order chi connectivity index (χ1) is 16.6. The summed E-state index contributed by atoms with van der Waals surface area (Å²) in [6.07, 6.45) is 1.58. The van der Waals surface area contributed by atoms with Crippen molar-refractivity contribution in [2.75, 3.05) is 13.4 Å². The Morgan fingerprint density at radius 2 is 2.09 bits per heavy atom. The summed E-state index contributed by atoms with van der Waals surface area (Å²) in [5.74, 6) is 1.37. The first kappa shape index (κ1) is 22.2. The standard InChI is InChI=1S/C25H22N2O6S/c1-2-31-24(29)16-10-17-13-30-15-33-22(17)18(11-16)14-34-25-26-21-8-4-3-7-20(21)23(28)27(25)12-19-6-5-9-32-19/h3-11H,2,12-15H2,1H3. The van der Waals surface area contributed by atoms with Gasteiger partial charge < -0.3 is 18.6 Å². The van der Waals surface area contributed by atoms with Crippen LogP contribution in [0.1, 0.15) is 34.2 Å². The highest BCUT2D eigenvalue weighted by atomic mass is 32.2. The zero-order valence-corrected chi connectivity index (χ0v) is 19.3. The second-order valence-electron chi connectivity index (χ2n) is 7.63. The molecule has 3 heterocycles. The van der Waals surface area contributed by atoms with Crippen LogP contribution in [0.5, 0.6) is 5.75 Å². The number of carbonyl (C=O) groups excluding carboxylic acids is 1. The third-order valence-electron chi connectivity index (χ3n) is 5.38. The number of fused-ring (bicyclic) bond motifs is 2. The van der Waals surface area contributed by atoms with Crippen LogP contribution in [-0.4, -0.2) is 28.9 Å². The molecule has 5 rings (SSSR count). The summed E-state index contributed by atoms with van der Waals surface area (Å²) in [6.45, 7) is 2.80. The van der Waals surface area contributed by atoms with E-state index in [4.69, 9.17) is 23.6 Å². The molecule has 0 spiro atoms. The van der Waals surface area contributed by atoms with E-state index in [-0.39, 0.29) is 25.5 Å². The number of carbonyl (C=O) groups is 1. The van der Waals surface area contributed by atoms with Gasteiger partial charge in [-0.1, -0.05) is 23.9 Å². The molecule has 2 aromatic carbocycles. The molecule has 0 saturated carbocycles. The number of aromatic nitrogens is 2. The average Bonchev–Trinajstić information content (AvgIpc) is 3.38. The van der Waals surface area contributed by atoms with Crippen LogP contribution in [0.25, 0.3) is 10.9 Å². The van der Waals surface area contributed by atoms with Gasteiger partial charge in [0.05, 0.1) is 42.5 Å². The number of nitrogens with zero attached hydrogens (tertiary/aromatic N) is 2. The molecular weight excluding hydrogens is 456 g/mol. The highest BCUT2D eigenvalue weighted by Gasteiger charge is 2.21. The highest BCUT2D eigenvalue weighted by Crippen LogP contribution is 2.34. The molecule has 0 aliphatic carbocycles. The van der Waals surface area contributed by atoms with Gasteiger partial charge in [-0.15, -0.1) is 0 Å². The van der Waals surface area contributed by atoms with Crippen molar-refractivity contribution < 1.29 is 23.4 Å². The number of hydrogen-bond donors (Lipinski definition) is 0. The third kappa shape index (κ3) is 4.44. The fraction of sp³-hybridized carbons (Fsp3) is 0.240. The van der Waals surface area contributed by atoms with E-state index in [1.54, 1.807) is 42.0 Å². The van der Waals surface area contributed by atoms with Crippen molar-refractivity contribution in [1.82, 2.24) is 9.55 Å². The second kappa shape index (κ2) is 9.74. The van der Waals surface area contributed by atoms with E-state index < -0.39 is 5.97 Å². The highest BCUT2D eigenvalue weighted by molar-refractivity contribution is 7.98.